The van der Waals surface area contributed by atoms with E-state index in [2.05, 4.69) is 21.7 Å². The molecule has 1 aromatic rings. The zero-order chi connectivity index (χ0) is 14.9. The van der Waals surface area contributed by atoms with E-state index in [1.807, 2.05) is 11.8 Å². The number of aryl methyl sites for hydroxylation is 1. The fourth-order valence-corrected chi connectivity index (χ4v) is 4.60. The minimum atomic E-state index is 0.969. The van der Waals surface area contributed by atoms with E-state index in [0.29, 0.717) is 0 Å². The summed E-state index contributed by atoms with van der Waals surface area (Å²) in [5, 5.41) is 0. The molecule has 0 unspecified atom stereocenters. The van der Waals surface area contributed by atoms with Crippen LogP contribution >= 0.6 is 11.8 Å². The second-order valence-electron chi connectivity index (χ2n) is 6.56. The van der Waals surface area contributed by atoms with Crippen LogP contribution in [0.5, 0.6) is 0 Å². The highest BCUT2D eigenvalue weighted by atomic mass is 32.2. The fourth-order valence-electron chi connectivity index (χ4n) is 3.49. The first-order valence-electron chi connectivity index (χ1n) is 8.53. The van der Waals surface area contributed by atoms with Gasteiger partial charge in [-0.15, -0.1) is 11.8 Å². The molecule has 0 radical (unpaired) electrons. The van der Waals surface area contributed by atoms with Gasteiger partial charge in [0.15, 0.2) is 0 Å². The van der Waals surface area contributed by atoms with E-state index in [4.69, 9.17) is 9.97 Å². The molecule has 3 aliphatic heterocycles. The number of piperazine rings is 1. The van der Waals surface area contributed by atoms with Gasteiger partial charge in [-0.2, -0.15) is 4.98 Å². The Balaban J connectivity index is 1.68. The van der Waals surface area contributed by atoms with Crippen molar-refractivity contribution in [2.45, 2.75) is 30.6 Å². The normalized spacial score (nSPS) is 23.0. The number of hydrogen-bond acceptors (Lipinski definition) is 6. The van der Waals surface area contributed by atoms with Crippen molar-refractivity contribution >= 4 is 23.5 Å². The Morgan fingerprint density at radius 3 is 2.41 bits per heavy atom. The first-order chi connectivity index (χ1) is 10.8. The van der Waals surface area contributed by atoms with E-state index in [1.54, 1.807) is 0 Å². The van der Waals surface area contributed by atoms with Gasteiger partial charge in [0.05, 0.1) is 10.6 Å². The number of aromatic nitrogens is 2. The molecule has 3 aliphatic rings. The van der Waals surface area contributed by atoms with E-state index >= 15 is 0 Å². The molecule has 0 saturated carbocycles. The van der Waals surface area contributed by atoms with Crippen molar-refractivity contribution in [1.29, 1.82) is 0 Å². The first-order valence-corrected chi connectivity index (χ1v) is 9.52. The van der Waals surface area contributed by atoms with Crippen LogP contribution in [0.4, 0.5) is 11.8 Å². The maximum atomic E-state index is 5.02. The van der Waals surface area contributed by atoms with Crippen LogP contribution in [0, 0.1) is 0 Å². The summed E-state index contributed by atoms with van der Waals surface area (Å²) in [5.41, 5.74) is 1.29. The van der Waals surface area contributed by atoms with Crippen LogP contribution in [0.3, 0.4) is 0 Å². The molecule has 0 N–H and O–H groups in total. The van der Waals surface area contributed by atoms with E-state index in [1.165, 1.54) is 41.4 Å². The Bertz CT molecular complexity index is 536. The average Bonchev–Trinajstić information content (AvgIpc) is 3.09. The number of anilines is 2. The van der Waals surface area contributed by atoms with Crippen molar-refractivity contribution in [2.24, 2.45) is 0 Å². The zero-order valence-corrected chi connectivity index (χ0v) is 14.2. The second kappa shape index (κ2) is 6.24. The maximum absolute atomic E-state index is 5.02. The number of nitrogens with zero attached hydrogens (tertiary/aromatic N) is 5. The lowest BCUT2D eigenvalue weighted by Gasteiger charge is -2.34. The lowest BCUT2D eigenvalue weighted by Crippen LogP contribution is -2.45. The Kier molecular flexibility index (Phi) is 4.13. The van der Waals surface area contributed by atoms with Crippen molar-refractivity contribution in [3.05, 3.63) is 5.69 Å². The fraction of sp³-hybridized carbons (Fsp3) is 0.750. The topological polar surface area (TPSA) is 35.5 Å². The highest BCUT2D eigenvalue weighted by Crippen LogP contribution is 2.38. The van der Waals surface area contributed by atoms with Crippen LogP contribution in [0.15, 0.2) is 4.90 Å². The van der Waals surface area contributed by atoms with E-state index in [9.17, 15) is 0 Å². The SMILES string of the molecule is CN1CCN(c2nc3c(c(N4CCCC4)n2)SCCC3)CC1. The van der Waals surface area contributed by atoms with Crippen molar-refractivity contribution in [1.82, 2.24) is 14.9 Å². The summed E-state index contributed by atoms with van der Waals surface area (Å²) in [6.07, 6.45) is 4.96. The van der Waals surface area contributed by atoms with Crippen molar-refractivity contribution in [3.8, 4) is 0 Å². The summed E-state index contributed by atoms with van der Waals surface area (Å²) in [7, 11) is 2.19. The van der Waals surface area contributed by atoms with Crippen LogP contribution in [-0.4, -0.2) is 66.9 Å². The van der Waals surface area contributed by atoms with Gasteiger partial charge in [0.25, 0.3) is 0 Å². The van der Waals surface area contributed by atoms with Gasteiger partial charge in [0.2, 0.25) is 5.95 Å². The lowest BCUT2D eigenvalue weighted by atomic mass is 10.2. The largest absolute Gasteiger partial charge is 0.356 e. The van der Waals surface area contributed by atoms with Gasteiger partial charge in [-0.25, -0.2) is 4.98 Å². The van der Waals surface area contributed by atoms with Gasteiger partial charge in [-0.3, -0.25) is 0 Å². The monoisotopic (exact) mass is 319 g/mol. The highest BCUT2D eigenvalue weighted by molar-refractivity contribution is 7.99. The van der Waals surface area contributed by atoms with Crippen LogP contribution in [-0.2, 0) is 6.42 Å². The molecule has 120 valence electrons. The molecule has 0 bridgehead atoms. The lowest BCUT2D eigenvalue weighted by molar-refractivity contribution is 0.311. The molecule has 22 heavy (non-hydrogen) atoms. The molecular weight excluding hydrogens is 294 g/mol. The van der Waals surface area contributed by atoms with Gasteiger partial charge < -0.3 is 14.7 Å². The molecule has 0 atom stereocenters. The quantitative estimate of drug-likeness (QED) is 0.828. The molecule has 0 aliphatic carbocycles. The molecule has 0 aromatic carbocycles. The van der Waals surface area contributed by atoms with Gasteiger partial charge in [-0.05, 0) is 38.5 Å². The summed E-state index contributed by atoms with van der Waals surface area (Å²) < 4.78 is 0. The molecular formula is C16H25N5S. The maximum Gasteiger partial charge on any atom is 0.227 e. The molecule has 6 heteroatoms. The summed E-state index contributed by atoms with van der Waals surface area (Å²) in [6.45, 7) is 6.62. The van der Waals surface area contributed by atoms with Crippen molar-refractivity contribution < 1.29 is 0 Å². The number of likely N-dealkylation sites (N-methyl/N-ethyl adjacent to an activating group) is 1. The Labute approximate surface area is 137 Å². The highest BCUT2D eigenvalue weighted by Gasteiger charge is 2.26. The molecule has 0 spiro atoms. The smallest absolute Gasteiger partial charge is 0.227 e. The molecule has 0 amide bonds. The Hall–Kier alpha value is -1.01. The van der Waals surface area contributed by atoms with Crippen LogP contribution in [0.25, 0.3) is 0 Å². The molecule has 2 saturated heterocycles. The van der Waals surface area contributed by atoms with Crippen molar-refractivity contribution in [3.63, 3.8) is 0 Å². The van der Waals surface area contributed by atoms with Gasteiger partial charge >= 0.3 is 0 Å². The predicted molar refractivity (Wildman–Crippen MR) is 92.2 cm³/mol. The van der Waals surface area contributed by atoms with Gasteiger partial charge in [0.1, 0.15) is 5.82 Å². The molecule has 2 fully saturated rings. The summed E-state index contributed by atoms with van der Waals surface area (Å²) in [6, 6.07) is 0. The van der Waals surface area contributed by atoms with E-state index in [0.717, 1.165) is 51.6 Å². The van der Waals surface area contributed by atoms with Crippen LogP contribution in [0.1, 0.15) is 25.0 Å². The zero-order valence-electron chi connectivity index (χ0n) is 13.4. The van der Waals surface area contributed by atoms with Crippen LogP contribution in [0.2, 0.25) is 0 Å². The standard InChI is InChI=1S/C16H25N5S/c1-19-8-10-21(11-9-19)16-17-13-5-4-12-22-14(13)15(18-16)20-6-2-3-7-20/h2-12H2,1H3. The Morgan fingerprint density at radius 2 is 1.64 bits per heavy atom. The average molecular weight is 319 g/mol. The molecule has 4 rings (SSSR count). The Morgan fingerprint density at radius 1 is 0.864 bits per heavy atom. The third kappa shape index (κ3) is 2.78. The number of fused-ring (bicyclic) bond motifs is 1. The molecule has 4 heterocycles. The van der Waals surface area contributed by atoms with Crippen molar-refractivity contribution in [2.75, 3.05) is 61.9 Å². The van der Waals surface area contributed by atoms with E-state index in [-0.39, 0.29) is 0 Å². The third-order valence-electron chi connectivity index (χ3n) is 4.90. The number of hydrogen-bond donors (Lipinski definition) is 0. The van der Waals surface area contributed by atoms with Gasteiger partial charge in [-0.1, -0.05) is 0 Å². The minimum absolute atomic E-state index is 0.969. The minimum Gasteiger partial charge on any atom is -0.356 e. The third-order valence-corrected chi connectivity index (χ3v) is 6.10. The number of thioether (sulfide) groups is 1. The number of rotatable bonds is 2. The molecule has 5 nitrogen and oxygen atoms in total. The summed E-state index contributed by atoms with van der Waals surface area (Å²) in [5.74, 6) is 3.41. The second-order valence-corrected chi connectivity index (χ2v) is 7.66. The summed E-state index contributed by atoms with van der Waals surface area (Å²) >= 11 is 1.96. The van der Waals surface area contributed by atoms with Crippen LogP contribution < -0.4 is 9.80 Å². The first kappa shape index (κ1) is 14.6. The molecule has 1 aromatic heterocycles. The summed E-state index contributed by atoms with van der Waals surface area (Å²) in [4.78, 5) is 18.6. The predicted octanol–water partition coefficient (Wildman–Crippen LogP) is 1.87. The van der Waals surface area contributed by atoms with Gasteiger partial charge in [0, 0.05) is 39.3 Å². The van der Waals surface area contributed by atoms with E-state index < -0.39 is 0 Å².